The fourth-order valence-corrected chi connectivity index (χ4v) is 2.81. The van der Waals surface area contributed by atoms with Crippen LogP contribution < -0.4 is 18.9 Å². The molecule has 0 saturated carbocycles. The molecular weight excluding hydrogens is 242 g/mol. The van der Waals surface area contributed by atoms with Crippen LogP contribution in [-0.2, 0) is 11.4 Å². The van der Waals surface area contributed by atoms with Crippen LogP contribution in [-0.4, -0.2) is 37.4 Å². The molecule has 6 heteroatoms. The van der Waals surface area contributed by atoms with Gasteiger partial charge in [-0.15, -0.1) is 0 Å². The first-order valence-electron chi connectivity index (χ1n) is 5.82. The van der Waals surface area contributed by atoms with Gasteiger partial charge in [0.15, 0.2) is 0 Å². The van der Waals surface area contributed by atoms with E-state index in [-0.39, 0.29) is 41.1 Å². The van der Waals surface area contributed by atoms with Crippen molar-refractivity contribution in [2.24, 2.45) is 0 Å². The van der Waals surface area contributed by atoms with E-state index in [1.165, 1.54) is 0 Å². The van der Waals surface area contributed by atoms with Gasteiger partial charge in [-0.1, -0.05) is 0 Å². The fourth-order valence-electron chi connectivity index (χ4n) is 0.938. The molecule has 0 aromatic rings. The molecule has 0 aliphatic rings. The summed E-state index contributed by atoms with van der Waals surface area (Å²) in [6, 6.07) is 0. The van der Waals surface area contributed by atoms with Crippen LogP contribution in [0.5, 0.6) is 0 Å². The van der Waals surface area contributed by atoms with Gasteiger partial charge in [-0.3, -0.25) is 0 Å². The van der Waals surface area contributed by atoms with Crippen molar-refractivity contribution in [1.82, 2.24) is 0 Å². The van der Waals surface area contributed by atoms with Gasteiger partial charge in [-0.05, 0) is 62.3 Å². The summed E-state index contributed by atoms with van der Waals surface area (Å²) in [5.41, 5.74) is -0.686. The maximum Gasteiger partial charge on any atom is 1.00 e. The van der Waals surface area contributed by atoms with E-state index in [2.05, 4.69) is 0 Å². The normalized spacial score (nSPS) is 12.5. The van der Waals surface area contributed by atoms with Crippen molar-refractivity contribution < 1.29 is 35.7 Å². The molecule has 0 aromatic carbocycles. The molecule has 0 aliphatic carbocycles. The molecule has 0 fully saturated rings. The summed E-state index contributed by atoms with van der Waals surface area (Å²) in [4.78, 5) is 0. The Kier molecular flexibility index (Phi) is 11.1. The van der Waals surface area contributed by atoms with Gasteiger partial charge in [-0.2, -0.15) is 0 Å². The molecule has 0 spiro atoms. The second-order valence-electron chi connectivity index (χ2n) is 6.98. The summed E-state index contributed by atoms with van der Waals surface area (Å²) in [6.07, 6.45) is 0. The minimum absolute atomic E-state index is 0. The largest absolute Gasteiger partial charge is 1.00 e. The third-order valence-corrected chi connectivity index (χ3v) is 4.05. The van der Waals surface area contributed by atoms with E-state index >= 15 is 0 Å². The molecule has 0 aliphatic heterocycles. The van der Waals surface area contributed by atoms with Crippen LogP contribution in [0.3, 0.4) is 0 Å². The predicted octanol–water partition coefficient (Wildman–Crippen LogP) is 0.244. The van der Waals surface area contributed by atoms with Gasteiger partial charge < -0.3 is 16.8 Å². The monoisotopic (exact) mass is 270 g/mol. The van der Waals surface area contributed by atoms with Gasteiger partial charge in [0, 0.05) is 16.8 Å². The Labute approximate surface area is 130 Å². The minimum atomic E-state index is -2.11. The predicted molar refractivity (Wildman–Crippen MR) is 70.2 cm³/mol. The first-order chi connectivity index (χ1) is 6.79. The van der Waals surface area contributed by atoms with Gasteiger partial charge in [0.25, 0.3) is 0 Å². The smallest absolute Gasteiger partial charge is 0.870 e. The molecule has 0 radical (unpaired) electrons. The van der Waals surface area contributed by atoms with Crippen molar-refractivity contribution in [3.63, 3.8) is 0 Å². The SMILES string of the molecule is CC(C)(C)[O][Al]([O]C(C)(C)C)[O]C(C)(C)C.[Li+].[OH-]. The zero-order chi connectivity index (χ0) is 13.2. The van der Waals surface area contributed by atoms with Gasteiger partial charge in [0.1, 0.15) is 0 Å². The van der Waals surface area contributed by atoms with Crippen molar-refractivity contribution in [2.45, 2.75) is 79.1 Å². The van der Waals surface area contributed by atoms with Crippen molar-refractivity contribution in [2.75, 3.05) is 0 Å². The molecule has 0 heterocycles. The molecule has 0 rings (SSSR count). The molecule has 1 N–H and O–H groups in total. The molecule has 0 bridgehead atoms. The Morgan fingerprint density at radius 2 is 0.722 bits per heavy atom. The summed E-state index contributed by atoms with van der Waals surface area (Å²) in [6.45, 7) is 18.2. The van der Waals surface area contributed by atoms with Gasteiger partial charge >= 0.3 is 34.0 Å². The Morgan fingerprint density at radius 3 is 0.833 bits per heavy atom. The second-order valence-corrected chi connectivity index (χ2v) is 8.26. The number of rotatable bonds is 3. The van der Waals surface area contributed by atoms with Crippen molar-refractivity contribution in [3.05, 3.63) is 0 Å². The third-order valence-electron chi connectivity index (χ3n) is 1.35. The van der Waals surface area contributed by atoms with E-state index in [0.29, 0.717) is 0 Å². The standard InChI is InChI=1S/3C4H9O.Al.Li.H2O/c3*1-4(2,3)5;;;/h3*1-3H3;;;1H2/q3*-1;+3;+1;/p-1. The molecule has 0 amide bonds. The van der Waals surface area contributed by atoms with Gasteiger partial charge in [0.2, 0.25) is 0 Å². The molecule has 0 unspecified atom stereocenters. The molecule has 4 nitrogen and oxygen atoms in total. The van der Waals surface area contributed by atoms with Crippen LogP contribution in [0.1, 0.15) is 62.3 Å². The summed E-state index contributed by atoms with van der Waals surface area (Å²) in [5.74, 6) is 0. The molecule has 104 valence electrons. The molecule has 0 aromatic heterocycles. The zero-order valence-corrected chi connectivity index (χ0v) is 14.9. The van der Waals surface area contributed by atoms with E-state index in [0.717, 1.165) is 0 Å². The van der Waals surface area contributed by atoms with Crippen LogP contribution in [0.15, 0.2) is 0 Å². The van der Waals surface area contributed by atoms with E-state index in [1.54, 1.807) is 0 Å². The molecule has 0 atom stereocenters. The summed E-state index contributed by atoms with van der Waals surface area (Å²) < 4.78 is 17.7. The van der Waals surface area contributed by atoms with Crippen LogP contribution >= 0.6 is 0 Å². The van der Waals surface area contributed by atoms with Crippen LogP contribution in [0, 0.1) is 0 Å². The van der Waals surface area contributed by atoms with Crippen LogP contribution in [0.25, 0.3) is 0 Å². The quantitative estimate of drug-likeness (QED) is 0.690. The van der Waals surface area contributed by atoms with Crippen LogP contribution in [0.4, 0.5) is 0 Å². The maximum atomic E-state index is 5.88. The average molecular weight is 270 g/mol. The Bertz CT molecular complexity index is 178. The first-order valence-corrected chi connectivity index (χ1v) is 7.23. The Hall–Kier alpha value is 0.970. The number of hydrogen-bond donors (Lipinski definition) is 0. The van der Waals surface area contributed by atoms with E-state index in [9.17, 15) is 0 Å². The van der Waals surface area contributed by atoms with E-state index < -0.39 is 15.1 Å². The Balaban J connectivity index is -0.00000112. The summed E-state index contributed by atoms with van der Waals surface area (Å²) >= 11 is -2.11. The fraction of sp³-hybridized carbons (Fsp3) is 1.00. The van der Waals surface area contributed by atoms with Crippen molar-refractivity contribution in [1.29, 1.82) is 0 Å². The maximum absolute atomic E-state index is 5.88. The molecule has 0 saturated heterocycles. The molecule has 18 heavy (non-hydrogen) atoms. The second kappa shape index (κ2) is 8.30. The van der Waals surface area contributed by atoms with Crippen molar-refractivity contribution in [3.8, 4) is 0 Å². The zero-order valence-electron chi connectivity index (χ0n) is 13.7. The topological polar surface area (TPSA) is 57.7 Å². The van der Waals surface area contributed by atoms with E-state index in [1.807, 2.05) is 62.3 Å². The first kappa shape index (κ1) is 24.0. The molecular formula is C12H28AlLiO4. The van der Waals surface area contributed by atoms with Gasteiger partial charge in [-0.25, -0.2) is 0 Å². The third kappa shape index (κ3) is 17.0. The summed E-state index contributed by atoms with van der Waals surface area (Å²) in [7, 11) is 0. The van der Waals surface area contributed by atoms with Crippen molar-refractivity contribution >= 4 is 15.1 Å². The Morgan fingerprint density at radius 1 is 0.556 bits per heavy atom. The summed E-state index contributed by atoms with van der Waals surface area (Å²) in [5, 5.41) is 0. The number of hydrogen-bond acceptors (Lipinski definition) is 4. The van der Waals surface area contributed by atoms with E-state index in [4.69, 9.17) is 11.4 Å². The average Bonchev–Trinajstić information content (AvgIpc) is 1.70. The minimum Gasteiger partial charge on any atom is -0.870 e. The van der Waals surface area contributed by atoms with Gasteiger partial charge in [0.05, 0.1) is 0 Å². The van der Waals surface area contributed by atoms with Crippen LogP contribution in [0.2, 0.25) is 0 Å².